The van der Waals surface area contributed by atoms with Crippen LogP contribution in [0.1, 0.15) is 37.4 Å². The van der Waals surface area contributed by atoms with Gasteiger partial charge in [-0.2, -0.15) is 0 Å². The second-order valence-electron chi connectivity index (χ2n) is 5.23. The lowest BCUT2D eigenvalue weighted by Crippen LogP contribution is -2.46. The molecule has 4 nitrogen and oxygen atoms in total. The Hall–Kier alpha value is -1.10. The van der Waals surface area contributed by atoms with Crippen LogP contribution in [-0.2, 0) is 9.53 Å². The first kappa shape index (κ1) is 15.3. The van der Waals surface area contributed by atoms with E-state index in [-0.39, 0.29) is 12.0 Å². The molecule has 0 heterocycles. The average Bonchev–Trinajstić information content (AvgIpc) is 2.87. The van der Waals surface area contributed by atoms with Crippen molar-refractivity contribution in [2.75, 3.05) is 13.7 Å². The molecule has 1 atom stereocenters. The molecule has 0 aliphatic heterocycles. The summed E-state index contributed by atoms with van der Waals surface area (Å²) in [4.78, 5) is 12.0. The van der Waals surface area contributed by atoms with Crippen LogP contribution in [0.5, 0.6) is 0 Å². The fraction of sp³-hybridized carbons (Fsp3) is 0.533. The molecule has 0 radical (unpaired) electrons. The van der Waals surface area contributed by atoms with Crippen LogP contribution in [0.15, 0.2) is 24.3 Å². The van der Waals surface area contributed by atoms with Gasteiger partial charge in [0.25, 0.3) is 5.91 Å². The SMILES string of the molecule is COC(CNC(=O)C1(O)CCCC1)c1cccc(Cl)c1. The van der Waals surface area contributed by atoms with E-state index in [0.29, 0.717) is 24.4 Å². The third-order valence-corrected chi connectivity index (χ3v) is 4.04. The van der Waals surface area contributed by atoms with E-state index in [9.17, 15) is 9.90 Å². The van der Waals surface area contributed by atoms with Crippen LogP contribution in [-0.4, -0.2) is 30.3 Å². The molecule has 1 saturated carbocycles. The number of nitrogens with one attached hydrogen (secondary N) is 1. The fourth-order valence-electron chi connectivity index (χ4n) is 2.58. The number of carbonyl (C=O) groups excluding carboxylic acids is 1. The third-order valence-electron chi connectivity index (χ3n) is 3.81. The summed E-state index contributed by atoms with van der Waals surface area (Å²) < 4.78 is 5.38. The summed E-state index contributed by atoms with van der Waals surface area (Å²) in [6, 6.07) is 7.34. The largest absolute Gasteiger partial charge is 0.380 e. The highest BCUT2D eigenvalue weighted by Gasteiger charge is 2.38. The number of amides is 1. The fourth-order valence-corrected chi connectivity index (χ4v) is 2.78. The van der Waals surface area contributed by atoms with Gasteiger partial charge in [-0.1, -0.05) is 23.7 Å². The molecule has 0 spiro atoms. The van der Waals surface area contributed by atoms with E-state index in [0.717, 1.165) is 18.4 Å². The minimum atomic E-state index is -1.20. The Labute approximate surface area is 124 Å². The van der Waals surface area contributed by atoms with Gasteiger partial charge in [-0.05, 0) is 43.4 Å². The first-order valence-corrected chi connectivity index (χ1v) is 7.22. The van der Waals surface area contributed by atoms with Gasteiger partial charge in [0.15, 0.2) is 0 Å². The number of rotatable bonds is 5. The van der Waals surface area contributed by atoms with Gasteiger partial charge < -0.3 is 15.2 Å². The minimum Gasteiger partial charge on any atom is -0.380 e. The average molecular weight is 298 g/mol. The van der Waals surface area contributed by atoms with Gasteiger partial charge in [-0.3, -0.25) is 4.79 Å². The molecular formula is C15H20ClNO3. The van der Waals surface area contributed by atoms with Crippen molar-refractivity contribution >= 4 is 17.5 Å². The van der Waals surface area contributed by atoms with Gasteiger partial charge in [-0.15, -0.1) is 0 Å². The van der Waals surface area contributed by atoms with Crippen molar-refractivity contribution in [3.05, 3.63) is 34.9 Å². The topological polar surface area (TPSA) is 58.6 Å². The first-order valence-electron chi connectivity index (χ1n) is 6.84. The summed E-state index contributed by atoms with van der Waals surface area (Å²) in [5.74, 6) is -0.306. The number of benzene rings is 1. The molecule has 1 amide bonds. The maximum atomic E-state index is 12.0. The van der Waals surface area contributed by atoms with Crippen LogP contribution in [0.4, 0.5) is 0 Å². The normalized spacial score (nSPS) is 18.8. The van der Waals surface area contributed by atoms with Gasteiger partial charge >= 0.3 is 0 Å². The molecular weight excluding hydrogens is 278 g/mol. The Balaban J connectivity index is 1.96. The Morgan fingerprint density at radius 2 is 2.20 bits per heavy atom. The highest BCUT2D eigenvalue weighted by molar-refractivity contribution is 6.30. The van der Waals surface area contributed by atoms with E-state index >= 15 is 0 Å². The summed E-state index contributed by atoms with van der Waals surface area (Å²) in [7, 11) is 1.59. The quantitative estimate of drug-likeness (QED) is 0.878. The zero-order chi connectivity index (χ0) is 14.6. The van der Waals surface area contributed by atoms with Crippen molar-refractivity contribution in [2.24, 2.45) is 0 Å². The van der Waals surface area contributed by atoms with Gasteiger partial charge in [0.05, 0.1) is 6.10 Å². The van der Waals surface area contributed by atoms with Crippen LogP contribution in [0.2, 0.25) is 5.02 Å². The number of halogens is 1. The second-order valence-corrected chi connectivity index (χ2v) is 5.66. The standard InChI is InChI=1S/C15H20ClNO3/c1-20-13(11-5-4-6-12(16)9-11)10-17-14(18)15(19)7-2-3-8-15/h4-6,9,13,19H,2-3,7-8,10H2,1H3,(H,17,18). The van der Waals surface area contributed by atoms with E-state index in [2.05, 4.69) is 5.32 Å². The molecule has 2 rings (SSSR count). The van der Waals surface area contributed by atoms with E-state index in [4.69, 9.17) is 16.3 Å². The minimum absolute atomic E-state index is 0.275. The van der Waals surface area contributed by atoms with Crippen molar-refractivity contribution in [3.8, 4) is 0 Å². The van der Waals surface area contributed by atoms with E-state index in [1.54, 1.807) is 13.2 Å². The van der Waals surface area contributed by atoms with E-state index in [1.807, 2.05) is 18.2 Å². The highest BCUT2D eigenvalue weighted by Crippen LogP contribution is 2.29. The molecule has 110 valence electrons. The van der Waals surface area contributed by atoms with Crippen LogP contribution >= 0.6 is 11.6 Å². The first-order chi connectivity index (χ1) is 9.55. The zero-order valence-electron chi connectivity index (χ0n) is 11.6. The molecule has 0 saturated heterocycles. The van der Waals surface area contributed by atoms with Crippen molar-refractivity contribution in [1.82, 2.24) is 5.32 Å². The molecule has 0 bridgehead atoms. The maximum Gasteiger partial charge on any atom is 0.252 e. The summed E-state index contributed by atoms with van der Waals surface area (Å²) in [6.45, 7) is 0.317. The lowest BCUT2D eigenvalue weighted by molar-refractivity contribution is -0.139. The molecule has 1 aromatic rings. The second kappa shape index (κ2) is 6.57. The van der Waals surface area contributed by atoms with Crippen LogP contribution < -0.4 is 5.32 Å². The molecule has 1 unspecified atom stereocenters. The molecule has 1 fully saturated rings. The molecule has 20 heavy (non-hydrogen) atoms. The number of hydrogen-bond acceptors (Lipinski definition) is 3. The highest BCUT2D eigenvalue weighted by atomic mass is 35.5. The van der Waals surface area contributed by atoms with Crippen LogP contribution in [0.25, 0.3) is 0 Å². The monoisotopic (exact) mass is 297 g/mol. The Morgan fingerprint density at radius 1 is 1.50 bits per heavy atom. The smallest absolute Gasteiger partial charge is 0.252 e. The van der Waals surface area contributed by atoms with Crippen molar-refractivity contribution in [2.45, 2.75) is 37.4 Å². The Kier molecular flexibility index (Phi) is 5.02. The number of aliphatic hydroxyl groups is 1. The van der Waals surface area contributed by atoms with Crippen molar-refractivity contribution in [3.63, 3.8) is 0 Å². The molecule has 1 aromatic carbocycles. The van der Waals surface area contributed by atoms with Gasteiger partial charge in [-0.25, -0.2) is 0 Å². The van der Waals surface area contributed by atoms with Gasteiger partial charge in [0.2, 0.25) is 0 Å². The Morgan fingerprint density at radius 3 is 2.80 bits per heavy atom. The molecule has 1 aliphatic carbocycles. The predicted molar refractivity (Wildman–Crippen MR) is 77.6 cm³/mol. The number of methoxy groups -OCH3 is 1. The predicted octanol–water partition coefficient (Wildman–Crippen LogP) is 2.45. The summed E-state index contributed by atoms with van der Waals surface area (Å²) in [5.41, 5.74) is -0.300. The summed E-state index contributed by atoms with van der Waals surface area (Å²) >= 11 is 5.95. The molecule has 0 aromatic heterocycles. The van der Waals surface area contributed by atoms with E-state index < -0.39 is 5.60 Å². The van der Waals surface area contributed by atoms with Gasteiger partial charge in [0, 0.05) is 18.7 Å². The molecule has 5 heteroatoms. The number of hydrogen-bond donors (Lipinski definition) is 2. The van der Waals surface area contributed by atoms with Gasteiger partial charge in [0.1, 0.15) is 5.60 Å². The van der Waals surface area contributed by atoms with Crippen LogP contribution in [0, 0.1) is 0 Å². The van der Waals surface area contributed by atoms with Crippen molar-refractivity contribution in [1.29, 1.82) is 0 Å². The summed E-state index contributed by atoms with van der Waals surface area (Å²) in [6.07, 6.45) is 2.58. The third kappa shape index (κ3) is 3.51. The molecule has 1 aliphatic rings. The maximum absolute atomic E-state index is 12.0. The summed E-state index contributed by atoms with van der Waals surface area (Å²) in [5, 5.41) is 13.6. The van der Waals surface area contributed by atoms with Crippen molar-refractivity contribution < 1.29 is 14.6 Å². The van der Waals surface area contributed by atoms with E-state index in [1.165, 1.54) is 0 Å². The lowest BCUT2D eigenvalue weighted by Gasteiger charge is -2.23. The zero-order valence-corrected chi connectivity index (χ0v) is 12.3. The molecule has 2 N–H and O–H groups in total. The lowest BCUT2D eigenvalue weighted by atomic mass is 10.0. The van der Waals surface area contributed by atoms with Crippen LogP contribution in [0.3, 0.4) is 0 Å². The number of carbonyl (C=O) groups is 1. The number of ether oxygens (including phenoxy) is 1. The Bertz CT molecular complexity index is 472.